The molecule has 4 nitrogen and oxygen atoms in total. The molecule has 8 heteroatoms. The Balaban J connectivity index is 2.32. The molecule has 13 heavy (non-hydrogen) atoms. The van der Waals surface area contributed by atoms with E-state index in [2.05, 4.69) is 32.1 Å². The Morgan fingerprint density at radius 2 is 2.08 bits per heavy atom. The van der Waals surface area contributed by atoms with Crippen molar-refractivity contribution in [3.63, 3.8) is 0 Å². The molecule has 0 aliphatic rings. The summed E-state index contributed by atoms with van der Waals surface area (Å²) in [6, 6.07) is 0. The van der Waals surface area contributed by atoms with Crippen molar-refractivity contribution in [2.75, 3.05) is 6.61 Å². The van der Waals surface area contributed by atoms with Gasteiger partial charge in [0.1, 0.15) is 19.0 Å². The van der Waals surface area contributed by atoms with Gasteiger partial charge in [-0.05, 0) is 12.2 Å². The quantitative estimate of drug-likeness (QED) is 0.749. The van der Waals surface area contributed by atoms with Crippen LogP contribution in [0.4, 0.5) is 13.2 Å². The lowest BCUT2D eigenvalue weighted by atomic mass is 10.6. The highest BCUT2D eigenvalue weighted by molar-refractivity contribution is 7.71. The maximum absolute atomic E-state index is 11.6. The number of aromatic nitrogens is 3. The zero-order valence-corrected chi connectivity index (χ0v) is 7.13. The van der Waals surface area contributed by atoms with Crippen LogP contribution in [-0.4, -0.2) is 28.0 Å². The smallest absolute Gasteiger partial charge is 0.364 e. The number of aromatic amines is 2. The Morgan fingerprint density at radius 1 is 1.38 bits per heavy atom. The molecule has 0 saturated heterocycles. The van der Waals surface area contributed by atoms with Crippen LogP contribution in [0.1, 0.15) is 5.82 Å². The van der Waals surface area contributed by atoms with E-state index >= 15 is 0 Å². The van der Waals surface area contributed by atoms with Crippen molar-refractivity contribution in [3.8, 4) is 0 Å². The molecule has 1 aromatic heterocycles. The minimum absolute atomic E-state index is 0.186. The molecule has 1 heterocycles. The van der Waals surface area contributed by atoms with Gasteiger partial charge in [0.05, 0.1) is 0 Å². The maximum atomic E-state index is 11.6. The van der Waals surface area contributed by atoms with Crippen molar-refractivity contribution in [1.29, 1.82) is 0 Å². The molecule has 0 amide bonds. The van der Waals surface area contributed by atoms with Gasteiger partial charge in [0.25, 0.3) is 0 Å². The molecule has 0 unspecified atom stereocenters. The molecule has 0 radical (unpaired) electrons. The van der Waals surface area contributed by atoms with Gasteiger partial charge < -0.3 is 4.74 Å². The fourth-order valence-electron chi connectivity index (χ4n) is 0.636. The molecule has 1 rings (SSSR count). The van der Waals surface area contributed by atoms with Gasteiger partial charge in [-0.25, -0.2) is 4.98 Å². The molecule has 0 aliphatic heterocycles. The summed E-state index contributed by atoms with van der Waals surface area (Å²) < 4.78 is 39.2. The monoisotopic (exact) mass is 213 g/mol. The van der Waals surface area contributed by atoms with Crippen LogP contribution in [-0.2, 0) is 11.3 Å². The summed E-state index contributed by atoms with van der Waals surface area (Å²) in [4.78, 5) is 3.64. The molecule has 0 bridgehead atoms. The molecular formula is C5H6F3N3OS. The number of rotatable bonds is 3. The Bertz CT molecular complexity index is 317. The van der Waals surface area contributed by atoms with E-state index in [9.17, 15) is 13.2 Å². The van der Waals surface area contributed by atoms with Crippen LogP contribution in [0.15, 0.2) is 0 Å². The van der Waals surface area contributed by atoms with Gasteiger partial charge in [0.2, 0.25) is 4.77 Å². The Labute approximate surface area is 76.1 Å². The van der Waals surface area contributed by atoms with Crippen molar-refractivity contribution in [2.45, 2.75) is 12.8 Å². The molecule has 0 fully saturated rings. The van der Waals surface area contributed by atoms with E-state index < -0.39 is 12.8 Å². The van der Waals surface area contributed by atoms with Crippen LogP contribution < -0.4 is 0 Å². The number of hydrogen-bond donors (Lipinski definition) is 2. The lowest BCUT2D eigenvalue weighted by Gasteiger charge is -2.05. The van der Waals surface area contributed by atoms with E-state index in [1.54, 1.807) is 0 Å². The number of H-pyrrole nitrogens is 2. The molecule has 0 atom stereocenters. The van der Waals surface area contributed by atoms with Crippen molar-refractivity contribution in [3.05, 3.63) is 10.6 Å². The third-order valence-electron chi connectivity index (χ3n) is 1.05. The topological polar surface area (TPSA) is 53.7 Å². The molecule has 1 aromatic rings. The second-order valence-electron chi connectivity index (χ2n) is 2.22. The first-order valence-corrected chi connectivity index (χ1v) is 3.66. The number of nitrogens with one attached hydrogen (secondary N) is 2. The summed E-state index contributed by atoms with van der Waals surface area (Å²) in [6.45, 7) is -1.53. The standard InChI is InChI=1S/C5H6F3N3OS/c6-5(7,8)2-12-1-3-9-4(13)11-10-3/h1-2H2,(H2,9,10,11,13). The van der Waals surface area contributed by atoms with Crippen LogP contribution in [0.3, 0.4) is 0 Å². The molecule has 0 spiro atoms. The summed E-state index contributed by atoms with van der Waals surface area (Å²) in [7, 11) is 0. The second-order valence-corrected chi connectivity index (χ2v) is 2.61. The lowest BCUT2D eigenvalue weighted by Crippen LogP contribution is -2.16. The Morgan fingerprint density at radius 3 is 2.54 bits per heavy atom. The fraction of sp³-hybridized carbons (Fsp3) is 0.600. The summed E-state index contributed by atoms with van der Waals surface area (Å²) in [5.41, 5.74) is 0. The fourth-order valence-corrected chi connectivity index (χ4v) is 0.797. The molecule has 2 N–H and O–H groups in total. The van der Waals surface area contributed by atoms with Gasteiger partial charge in [0, 0.05) is 0 Å². The number of hydrogen-bond acceptors (Lipinski definition) is 3. The number of halogens is 3. The average molecular weight is 213 g/mol. The summed E-state index contributed by atoms with van der Waals surface area (Å²) >= 11 is 4.58. The molecule has 0 saturated carbocycles. The van der Waals surface area contributed by atoms with E-state index in [4.69, 9.17) is 0 Å². The molecule has 0 aliphatic carbocycles. The highest BCUT2D eigenvalue weighted by atomic mass is 32.1. The number of ether oxygens (including phenoxy) is 1. The first-order valence-electron chi connectivity index (χ1n) is 3.25. The zero-order chi connectivity index (χ0) is 9.90. The van der Waals surface area contributed by atoms with Gasteiger partial charge in [-0.15, -0.1) is 0 Å². The molecular weight excluding hydrogens is 207 g/mol. The highest BCUT2D eigenvalue weighted by Gasteiger charge is 2.27. The Kier molecular flexibility index (Phi) is 3.04. The van der Waals surface area contributed by atoms with Crippen molar-refractivity contribution < 1.29 is 17.9 Å². The summed E-state index contributed by atoms with van der Waals surface area (Å²) in [5.74, 6) is 0.245. The SMILES string of the molecule is FC(F)(F)COCc1nc(=S)[nH][nH]1. The predicted molar refractivity (Wildman–Crippen MR) is 39.5 cm³/mol. The normalized spacial score (nSPS) is 11.9. The van der Waals surface area contributed by atoms with E-state index in [1.165, 1.54) is 0 Å². The maximum Gasteiger partial charge on any atom is 0.411 e. The van der Waals surface area contributed by atoms with Crippen molar-refractivity contribution in [1.82, 2.24) is 15.2 Å². The zero-order valence-electron chi connectivity index (χ0n) is 6.31. The van der Waals surface area contributed by atoms with E-state index in [0.717, 1.165) is 0 Å². The lowest BCUT2D eigenvalue weighted by molar-refractivity contribution is -0.177. The third-order valence-corrected chi connectivity index (χ3v) is 1.25. The third kappa shape index (κ3) is 4.04. The van der Waals surface area contributed by atoms with Crippen LogP contribution in [0, 0.1) is 4.77 Å². The summed E-state index contributed by atoms with van der Waals surface area (Å²) in [5, 5.41) is 4.89. The van der Waals surface area contributed by atoms with Crippen molar-refractivity contribution >= 4 is 12.2 Å². The van der Waals surface area contributed by atoms with Gasteiger partial charge in [-0.3, -0.25) is 10.2 Å². The first kappa shape index (κ1) is 10.2. The number of nitrogens with zero attached hydrogens (tertiary/aromatic N) is 1. The van der Waals surface area contributed by atoms with Gasteiger partial charge >= 0.3 is 6.18 Å². The van der Waals surface area contributed by atoms with Crippen molar-refractivity contribution in [2.24, 2.45) is 0 Å². The molecule has 74 valence electrons. The summed E-state index contributed by atoms with van der Waals surface area (Å²) in [6.07, 6.45) is -4.31. The van der Waals surface area contributed by atoms with Crippen LogP contribution in [0.2, 0.25) is 0 Å². The average Bonchev–Trinajstić information content (AvgIpc) is 2.33. The van der Waals surface area contributed by atoms with E-state index in [1.807, 2.05) is 0 Å². The van der Waals surface area contributed by atoms with Crippen LogP contribution >= 0.6 is 12.2 Å². The first-order chi connectivity index (χ1) is 5.97. The highest BCUT2D eigenvalue weighted by Crippen LogP contribution is 2.14. The van der Waals surface area contributed by atoms with Gasteiger partial charge in [0.15, 0.2) is 0 Å². The molecule has 0 aromatic carbocycles. The largest absolute Gasteiger partial charge is 0.411 e. The second kappa shape index (κ2) is 3.88. The van der Waals surface area contributed by atoms with E-state index in [0.29, 0.717) is 0 Å². The minimum atomic E-state index is -4.31. The van der Waals surface area contributed by atoms with E-state index in [-0.39, 0.29) is 17.2 Å². The van der Waals surface area contributed by atoms with Gasteiger partial charge in [-0.1, -0.05) is 0 Å². The van der Waals surface area contributed by atoms with Gasteiger partial charge in [-0.2, -0.15) is 13.2 Å². The Hall–Kier alpha value is -0.890. The van der Waals surface area contributed by atoms with Crippen LogP contribution in [0.25, 0.3) is 0 Å². The number of alkyl halides is 3. The minimum Gasteiger partial charge on any atom is -0.364 e. The van der Waals surface area contributed by atoms with Crippen LogP contribution in [0.5, 0.6) is 0 Å². The predicted octanol–water partition coefficient (Wildman–Crippen LogP) is 1.55.